The number of thiazole rings is 1. The maximum atomic E-state index is 12.8. The van der Waals surface area contributed by atoms with E-state index in [-0.39, 0.29) is 18.2 Å². The Balaban J connectivity index is 1.21. The van der Waals surface area contributed by atoms with Crippen LogP contribution in [0.25, 0.3) is 11.1 Å². The topological polar surface area (TPSA) is 109 Å². The highest BCUT2D eigenvalue weighted by molar-refractivity contribution is 7.99. The van der Waals surface area contributed by atoms with Gasteiger partial charge in [-0.2, -0.15) is 0 Å². The molecule has 1 aliphatic heterocycles. The molecule has 0 spiro atoms. The monoisotopic (exact) mass is 509 g/mol. The van der Waals surface area contributed by atoms with E-state index in [0.29, 0.717) is 16.6 Å². The van der Waals surface area contributed by atoms with Crippen molar-refractivity contribution in [2.75, 3.05) is 18.2 Å². The van der Waals surface area contributed by atoms with Gasteiger partial charge in [-0.05, 0) is 29.2 Å². The molecule has 2 aromatic carbocycles. The maximum absolute atomic E-state index is 12.8. The van der Waals surface area contributed by atoms with Gasteiger partial charge in [0.15, 0.2) is 0 Å². The number of nitrogens with one attached hydrogen (secondary N) is 1. The molecule has 2 N–H and O–H groups in total. The van der Waals surface area contributed by atoms with Crippen LogP contribution in [0.2, 0.25) is 0 Å². The molecule has 2 atom stereocenters. The molecule has 3 aromatic rings. The summed E-state index contributed by atoms with van der Waals surface area (Å²) in [5, 5.41) is 14.2. The number of ether oxygens (including phenoxy) is 1. The van der Waals surface area contributed by atoms with E-state index < -0.39 is 30.1 Å². The largest absolute Gasteiger partial charge is 0.480 e. The third-order valence-corrected chi connectivity index (χ3v) is 8.26. The average molecular weight is 510 g/mol. The zero-order valence-corrected chi connectivity index (χ0v) is 20.5. The molecular formula is C25H23N3O5S2. The zero-order chi connectivity index (χ0) is 24.5. The summed E-state index contributed by atoms with van der Waals surface area (Å²) in [6.45, 7) is 1.97. The highest BCUT2D eigenvalue weighted by Crippen LogP contribution is 2.44. The second-order valence-electron chi connectivity index (χ2n) is 8.39. The van der Waals surface area contributed by atoms with Crippen LogP contribution in [-0.4, -0.2) is 57.2 Å². The molecule has 1 fully saturated rings. The standard InChI is InChI=1S/C25H23N3O5S2/c1-14(22-27-20(11-35-22)23(29)28-13-34-12-21(28)24(30)31)26-25(32)33-10-19-17-8-4-2-6-15(17)16-7-3-5-9-18(16)19/h2-9,11,14,19,21H,10,12-13H2,1H3,(H,26,32)(H,30,31). The summed E-state index contributed by atoms with van der Waals surface area (Å²) in [5.74, 6) is -0.802. The highest BCUT2D eigenvalue weighted by atomic mass is 32.2. The minimum absolute atomic E-state index is 0.0342. The number of carbonyl (C=O) groups is 3. The SMILES string of the molecule is CC(NC(=O)OCC1c2ccccc2-c2ccccc21)c1nc(C(=O)N2CSCC2C(=O)O)cs1. The lowest BCUT2D eigenvalue weighted by Gasteiger charge is -2.19. The van der Waals surface area contributed by atoms with Gasteiger partial charge < -0.3 is 20.1 Å². The molecule has 35 heavy (non-hydrogen) atoms. The van der Waals surface area contributed by atoms with Crippen molar-refractivity contribution in [2.45, 2.75) is 24.9 Å². The molecule has 2 unspecified atom stereocenters. The number of amides is 2. The van der Waals surface area contributed by atoms with Crippen LogP contribution < -0.4 is 5.32 Å². The van der Waals surface area contributed by atoms with Gasteiger partial charge in [-0.1, -0.05) is 48.5 Å². The Morgan fingerprint density at radius 1 is 1.14 bits per heavy atom. The maximum Gasteiger partial charge on any atom is 0.407 e. The lowest BCUT2D eigenvalue weighted by Crippen LogP contribution is -2.41. The normalized spacial score (nSPS) is 17.5. The van der Waals surface area contributed by atoms with Crippen molar-refractivity contribution in [1.82, 2.24) is 15.2 Å². The van der Waals surface area contributed by atoms with Gasteiger partial charge in [0, 0.05) is 17.1 Å². The molecule has 8 nitrogen and oxygen atoms in total. The fraction of sp³-hybridized carbons (Fsp3) is 0.280. The first-order valence-electron chi connectivity index (χ1n) is 11.1. The molecule has 2 heterocycles. The summed E-state index contributed by atoms with van der Waals surface area (Å²) < 4.78 is 5.59. The minimum atomic E-state index is -1.02. The molecule has 5 rings (SSSR count). The number of rotatable bonds is 6. The molecule has 10 heteroatoms. The van der Waals surface area contributed by atoms with Gasteiger partial charge in [0.25, 0.3) is 5.91 Å². The second-order valence-corrected chi connectivity index (χ2v) is 10.3. The predicted molar refractivity (Wildman–Crippen MR) is 134 cm³/mol. The molecule has 2 amide bonds. The van der Waals surface area contributed by atoms with Crippen LogP contribution in [0, 0.1) is 0 Å². The number of hydrogen-bond donors (Lipinski definition) is 2. The Kier molecular flexibility index (Phi) is 6.48. The third kappa shape index (κ3) is 4.51. The van der Waals surface area contributed by atoms with E-state index in [2.05, 4.69) is 34.6 Å². The van der Waals surface area contributed by atoms with Gasteiger partial charge >= 0.3 is 12.1 Å². The Labute approximate surface area is 210 Å². The van der Waals surface area contributed by atoms with Crippen LogP contribution >= 0.6 is 23.1 Å². The number of carboxylic acid groups (broad SMARTS) is 1. The van der Waals surface area contributed by atoms with E-state index in [4.69, 9.17) is 4.74 Å². The quantitative estimate of drug-likeness (QED) is 0.509. The fourth-order valence-electron chi connectivity index (χ4n) is 4.46. The van der Waals surface area contributed by atoms with E-state index in [1.54, 1.807) is 12.3 Å². The smallest absolute Gasteiger partial charge is 0.407 e. The molecule has 0 bridgehead atoms. The number of aliphatic carboxylic acids is 1. The van der Waals surface area contributed by atoms with Crippen LogP contribution in [0.1, 0.15) is 45.5 Å². The Bertz CT molecular complexity index is 1250. The number of benzene rings is 2. The van der Waals surface area contributed by atoms with Crippen molar-refractivity contribution in [1.29, 1.82) is 0 Å². The molecule has 0 radical (unpaired) electrons. The molecular weight excluding hydrogens is 486 g/mol. The lowest BCUT2D eigenvalue weighted by atomic mass is 9.98. The Morgan fingerprint density at radius 2 is 1.80 bits per heavy atom. The summed E-state index contributed by atoms with van der Waals surface area (Å²) >= 11 is 2.63. The second kappa shape index (κ2) is 9.71. The fourth-order valence-corrected chi connectivity index (χ4v) is 6.40. The van der Waals surface area contributed by atoms with E-state index in [1.165, 1.54) is 28.0 Å². The predicted octanol–water partition coefficient (Wildman–Crippen LogP) is 4.34. The number of aromatic nitrogens is 1. The number of nitrogens with zero attached hydrogens (tertiary/aromatic N) is 2. The first-order chi connectivity index (χ1) is 16.9. The third-order valence-electron chi connectivity index (χ3n) is 6.22. The van der Waals surface area contributed by atoms with Crippen molar-refractivity contribution in [2.24, 2.45) is 0 Å². The molecule has 1 aliphatic carbocycles. The summed E-state index contributed by atoms with van der Waals surface area (Å²) in [7, 11) is 0. The molecule has 1 aromatic heterocycles. The van der Waals surface area contributed by atoms with Crippen LogP contribution in [0.3, 0.4) is 0 Å². The van der Waals surface area contributed by atoms with Crippen LogP contribution in [-0.2, 0) is 9.53 Å². The first-order valence-corrected chi connectivity index (χ1v) is 13.2. The number of fused-ring (bicyclic) bond motifs is 3. The van der Waals surface area contributed by atoms with Gasteiger partial charge in [-0.25, -0.2) is 14.6 Å². The lowest BCUT2D eigenvalue weighted by molar-refractivity contribution is -0.140. The Hall–Kier alpha value is -3.37. The molecule has 1 saturated heterocycles. The summed E-state index contributed by atoms with van der Waals surface area (Å²) in [4.78, 5) is 42.4. The number of carbonyl (C=O) groups excluding carboxylic acids is 2. The number of carboxylic acids is 1. The molecule has 180 valence electrons. The van der Waals surface area contributed by atoms with Crippen molar-refractivity contribution in [3.05, 3.63) is 75.7 Å². The summed E-state index contributed by atoms with van der Waals surface area (Å²) in [6.07, 6.45) is -0.565. The molecule has 0 saturated carbocycles. The Morgan fingerprint density at radius 3 is 2.46 bits per heavy atom. The van der Waals surface area contributed by atoms with E-state index in [9.17, 15) is 19.5 Å². The van der Waals surface area contributed by atoms with Crippen molar-refractivity contribution in [3.63, 3.8) is 0 Å². The first kappa shape index (κ1) is 23.4. The summed E-state index contributed by atoms with van der Waals surface area (Å²) in [5.41, 5.74) is 4.77. The van der Waals surface area contributed by atoms with Gasteiger partial charge in [0.2, 0.25) is 0 Å². The molecule has 2 aliphatic rings. The number of thioether (sulfide) groups is 1. The summed E-state index contributed by atoms with van der Waals surface area (Å²) in [6, 6.07) is 14.9. The van der Waals surface area contributed by atoms with E-state index >= 15 is 0 Å². The van der Waals surface area contributed by atoms with Crippen LogP contribution in [0.4, 0.5) is 4.79 Å². The average Bonchev–Trinajstić information content (AvgIpc) is 3.60. The van der Waals surface area contributed by atoms with Gasteiger partial charge in [-0.3, -0.25) is 4.79 Å². The number of alkyl carbamates (subject to hydrolysis) is 1. The van der Waals surface area contributed by atoms with Gasteiger partial charge in [0.05, 0.1) is 11.9 Å². The van der Waals surface area contributed by atoms with Gasteiger partial charge in [-0.15, -0.1) is 23.1 Å². The van der Waals surface area contributed by atoms with Crippen molar-refractivity contribution < 1.29 is 24.2 Å². The van der Waals surface area contributed by atoms with Crippen molar-refractivity contribution >= 4 is 41.1 Å². The number of hydrogen-bond acceptors (Lipinski definition) is 7. The van der Waals surface area contributed by atoms with Crippen molar-refractivity contribution in [3.8, 4) is 11.1 Å². The van der Waals surface area contributed by atoms with Crippen LogP contribution in [0.15, 0.2) is 53.9 Å². The highest BCUT2D eigenvalue weighted by Gasteiger charge is 2.36. The zero-order valence-electron chi connectivity index (χ0n) is 18.8. The minimum Gasteiger partial charge on any atom is -0.480 e. The van der Waals surface area contributed by atoms with Crippen LogP contribution in [0.5, 0.6) is 0 Å². The van der Waals surface area contributed by atoms with Gasteiger partial charge in [0.1, 0.15) is 23.4 Å². The van der Waals surface area contributed by atoms with E-state index in [1.807, 2.05) is 24.3 Å². The van der Waals surface area contributed by atoms with E-state index in [0.717, 1.165) is 22.3 Å².